The molecule has 2 aromatic heterocycles. The molecule has 0 atom stereocenters. The van der Waals surface area contributed by atoms with E-state index in [0.717, 1.165) is 39.4 Å². The molecule has 0 unspecified atom stereocenters. The van der Waals surface area contributed by atoms with Gasteiger partial charge in [0.15, 0.2) is 0 Å². The second kappa shape index (κ2) is 6.93. The van der Waals surface area contributed by atoms with Gasteiger partial charge in [0.2, 0.25) is 10.1 Å². The van der Waals surface area contributed by atoms with E-state index in [4.69, 9.17) is 0 Å². The molecule has 3 aromatic rings. The maximum Gasteiger partial charge on any atom is 0.214 e. The first kappa shape index (κ1) is 15.1. The molecule has 22 heavy (non-hydrogen) atoms. The molecule has 0 aliphatic heterocycles. The Morgan fingerprint density at radius 2 is 2.18 bits per heavy atom. The van der Waals surface area contributed by atoms with Gasteiger partial charge in [0.25, 0.3) is 0 Å². The number of aromatic nitrogens is 3. The van der Waals surface area contributed by atoms with Crippen molar-refractivity contribution in [2.45, 2.75) is 0 Å². The third-order valence-corrected chi connectivity index (χ3v) is 4.79. The largest absolute Gasteiger partial charge is 0.359 e. The van der Waals surface area contributed by atoms with Crippen LogP contribution < -0.4 is 5.32 Å². The monoisotopic (exact) mass is 334 g/mol. The smallest absolute Gasteiger partial charge is 0.214 e. The zero-order valence-corrected chi connectivity index (χ0v) is 13.5. The van der Waals surface area contributed by atoms with Crippen LogP contribution in [0.4, 0.5) is 9.52 Å². The summed E-state index contributed by atoms with van der Waals surface area (Å²) in [6.45, 7) is 4.55. The van der Waals surface area contributed by atoms with Crippen LogP contribution in [0.15, 0.2) is 43.1 Å². The van der Waals surface area contributed by atoms with Crippen LogP contribution in [-0.4, -0.2) is 32.6 Å². The first-order valence-electron chi connectivity index (χ1n) is 6.81. The summed E-state index contributed by atoms with van der Waals surface area (Å²) >= 11 is 3.33. The van der Waals surface area contributed by atoms with E-state index in [1.807, 2.05) is 24.0 Å². The predicted octanol–water partition coefficient (Wildman–Crippen LogP) is 3.93. The summed E-state index contributed by atoms with van der Waals surface area (Å²) in [5.74, 6) is 1.72. The topological polar surface area (TPSA) is 42.2 Å². The lowest BCUT2D eigenvalue weighted by Crippen LogP contribution is -2.04. The molecule has 0 bridgehead atoms. The molecular formula is C15H15FN4S2. The molecular weight excluding hydrogens is 319 g/mol. The molecule has 0 radical (unpaired) electrons. The van der Waals surface area contributed by atoms with Crippen LogP contribution in [0.25, 0.3) is 16.2 Å². The van der Waals surface area contributed by atoms with Gasteiger partial charge in [-0.05, 0) is 24.3 Å². The number of hydrogen-bond donors (Lipinski definition) is 1. The number of anilines is 1. The van der Waals surface area contributed by atoms with E-state index in [1.54, 1.807) is 16.6 Å². The summed E-state index contributed by atoms with van der Waals surface area (Å²) in [5, 5.41) is 8.59. The Kier molecular flexibility index (Phi) is 4.74. The average molecular weight is 334 g/mol. The maximum absolute atomic E-state index is 12.9. The lowest BCUT2D eigenvalue weighted by molar-refractivity contribution is 0.628. The lowest BCUT2D eigenvalue weighted by atomic mass is 10.2. The Morgan fingerprint density at radius 1 is 1.36 bits per heavy atom. The minimum absolute atomic E-state index is 0.247. The van der Waals surface area contributed by atoms with Crippen LogP contribution >= 0.6 is 23.1 Å². The average Bonchev–Trinajstić information content (AvgIpc) is 3.06. The van der Waals surface area contributed by atoms with Crippen LogP contribution in [0.3, 0.4) is 0 Å². The summed E-state index contributed by atoms with van der Waals surface area (Å²) in [4.78, 5) is 5.35. The molecule has 7 heteroatoms. The van der Waals surface area contributed by atoms with Gasteiger partial charge in [-0.3, -0.25) is 0 Å². The predicted molar refractivity (Wildman–Crippen MR) is 92.3 cm³/mol. The van der Waals surface area contributed by atoms with Crippen molar-refractivity contribution in [3.05, 3.63) is 48.9 Å². The van der Waals surface area contributed by atoms with Gasteiger partial charge in [-0.25, -0.2) is 13.9 Å². The zero-order chi connectivity index (χ0) is 15.4. The number of hydrogen-bond acceptors (Lipinski definition) is 5. The van der Waals surface area contributed by atoms with Gasteiger partial charge in [0.05, 0.1) is 11.9 Å². The number of benzene rings is 1. The highest BCUT2D eigenvalue weighted by molar-refractivity contribution is 7.99. The first-order chi connectivity index (χ1) is 10.8. The van der Waals surface area contributed by atoms with Gasteiger partial charge in [-0.1, -0.05) is 17.4 Å². The molecule has 2 heterocycles. The summed E-state index contributed by atoms with van der Waals surface area (Å²) < 4.78 is 14.7. The third kappa shape index (κ3) is 3.48. The van der Waals surface area contributed by atoms with Gasteiger partial charge >= 0.3 is 0 Å². The second-order valence-electron chi connectivity index (χ2n) is 4.56. The number of rotatable bonds is 7. The Balaban J connectivity index is 1.66. The zero-order valence-electron chi connectivity index (χ0n) is 11.8. The minimum Gasteiger partial charge on any atom is -0.359 e. The molecule has 0 amide bonds. The van der Waals surface area contributed by atoms with Crippen LogP contribution in [0.2, 0.25) is 0 Å². The molecule has 0 aliphatic rings. The Hall–Kier alpha value is -1.86. The third-order valence-electron chi connectivity index (χ3n) is 2.94. The number of thioether (sulfide) groups is 1. The highest BCUT2D eigenvalue weighted by Gasteiger charge is 2.09. The van der Waals surface area contributed by atoms with E-state index in [0.29, 0.717) is 0 Å². The van der Waals surface area contributed by atoms with E-state index >= 15 is 0 Å². The Bertz CT molecular complexity index is 732. The fourth-order valence-corrected chi connectivity index (χ4v) is 3.31. The quantitative estimate of drug-likeness (QED) is 0.525. The molecule has 4 nitrogen and oxygen atoms in total. The maximum atomic E-state index is 12.9. The minimum atomic E-state index is -0.247. The molecule has 0 saturated heterocycles. The number of nitrogens with one attached hydrogen (secondary N) is 1. The second-order valence-corrected chi connectivity index (χ2v) is 6.66. The first-order valence-corrected chi connectivity index (χ1v) is 8.78. The van der Waals surface area contributed by atoms with E-state index in [2.05, 4.69) is 22.0 Å². The molecule has 0 spiro atoms. The van der Waals surface area contributed by atoms with Crippen molar-refractivity contribution in [3.8, 4) is 11.3 Å². The van der Waals surface area contributed by atoms with Crippen molar-refractivity contribution >= 4 is 33.2 Å². The van der Waals surface area contributed by atoms with Crippen molar-refractivity contribution in [1.82, 2.24) is 14.6 Å². The highest BCUT2D eigenvalue weighted by Crippen LogP contribution is 2.24. The Labute approximate surface area is 136 Å². The van der Waals surface area contributed by atoms with Crippen LogP contribution in [0.5, 0.6) is 0 Å². The van der Waals surface area contributed by atoms with E-state index in [9.17, 15) is 4.39 Å². The van der Waals surface area contributed by atoms with Crippen molar-refractivity contribution in [3.63, 3.8) is 0 Å². The van der Waals surface area contributed by atoms with E-state index < -0.39 is 0 Å². The summed E-state index contributed by atoms with van der Waals surface area (Å²) in [6, 6.07) is 6.31. The van der Waals surface area contributed by atoms with Gasteiger partial charge < -0.3 is 5.32 Å². The van der Waals surface area contributed by atoms with Crippen molar-refractivity contribution in [2.24, 2.45) is 0 Å². The Morgan fingerprint density at radius 3 is 2.91 bits per heavy atom. The van der Waals surface area contributed by atoms with Gasteiger partial charge in [-0.2, -0.15) is 11.8 Å². The number of fused-ring (bicyclic) bond motifs is 1. The van der Waals surface area contributed by atoms with Crippen LogP contribution in [0, 0.1) is 5.82 Å². The van der Waals surface area contributed by atoms with Crippen LogP contribution in [-0.2, 0) is 0 Å². The SMILES string of the molecule is C=CCSCCNc1nn2cc(-c3ccc(F)cc3)nc2s1. The van der Waals surface area contributed by atoms with E-state index in [1.165, 1.54) is 23.5 Å². The molecule has 3 rings (SSSR count). The van der Waals surface area contributed by atoms with Crippen LogP contribution in [0.1, 0.15) is 0 Å². The van der Waals surface area contributed by atoms with Crippen molar-refractivity contribution in [2.75, 3.05) is 23.4 Å². The molecule has 0 aliphatic carbocycles. The van der Waals surface area contributed by atoms with Gasteiger partial charge in [0, 0.05) is 23.6 Å². The molecule has 1 N–H and O–H groups in total. The number of nitrogens with zero attached hydrogens (tertiary/aromatic N) is 3. The summed E-state index contributed by atoms with van der Waals surface area (Å²) in [7, 11) is 0. The lowest BCUT2D eigenvalue weighted by Gasteiger charge is -2.00. The molecule has 0 saturated carbocycles. The normalized spacial score (nSPS) is 11.0. The molecule has 1 aromatic carbocycles. The molecule has 0 fully saturated rings. The van der Waals surface area contributed by atoms with E-state index in [-0.39, 0.29) is 5.82 Å². The fourth-order valence-electron chi connectivity index (χ4n) is 1.93. The van der Waals surface area contributed by atoms with Crippen molar-refractivity contribution < 1.29 is 4.39 Å². The van der Waals surface area contributed by atoms with Gasteiger partial charge in [-0.15, -0.1) is 11.7 Å². The number of imidazole rings is 1. The highest BCUT2D eigenvalue weighted by atomic mass is 32.2. The summed E-state index contributed by atoms with van der Waals surface area (Å²) in [6.07, 6.45) is 3.76. The standard InChI is InChI=1S/C15H15FN4S2/c1-2-8-21-9-7-17-14-19-20-10-13(18-15(20)22-14)11-3-5-12(16)6-4-11/h2-6,10H,1,7-9H2,(H,17,19). The number of halogens is 1. The van der Waals surface area contributed by atoms with Gasteiger partial charge in [0.1, 0.15) is 5.82 Å². The van der Waals surface area contributed by atoms with Crippen molar-refractivity contribution in [1.29, 1.82) is 0 Å². The fraction of sp³-hybridized carbons (Fsp3) is 0.200. The summed E-state index contributed by atoms with van der Waals surface area (Å²) in [5.41, 5.74) is 1.68. The molecule has 114 valence electrons.